The lowest BCUT2D eigenvalue weighted by Gasteiger charge is -2.32. The van der Waals surface area contributed by atoms with Crippen LogP contribution in [-0.4, -0.2) is 62.3 Å². The number of amides is 1. The number of nitrogens with one attached hydrogen (secondary N) is 2. The molecule has 10 nitrogen and oxygen atoms in total. The predicted octanol–water partition coefficient (Wildman–Crippen LogP) is 5.05. The Hall–Kier alpha value is -1.98. The minimum Gasteiger partial charge on any atom is -0.481 e. The van der Waals surface area contributed by atoms with Gasteiger partial charge in [-0.1, -0.05) is 48.5 Å². The SMILES string of the molecule is C[C@H](NS(=O)(=O)c1ccc(-c2sc(C(=O)N[C@H]3C[C@H](C(=O)O)C3)nc2S(=O)(=O)C2CCCCC2)c(Cl)c1Cl)C(F)(F)F. The lowest BCUT2D eigenvalue weighted by molar-refractivity contribution is -0.147. The molecule has 232 valence electrons. The Balaban J connectivity index is 1.74. The summed E-state index contributed by atoms with van der Waals surface area (Å²) in [5.41, 5.74) is -0.0787. The number of carbonyl (C=O) groups excluding carboxylic acids is 1. The van der Waals surface area contributed by atoms with Crippen LogP contribution in [0.15, 0.2) is 22.1 Å². The van der Waals surface area contributed by atoms with Crippen LogP contribution in [0.5, 0.6) is 0 Å². The summed E-state index contributed by atoms with van der Waals surface area (Å²) in [5, 5.41) is 9.13. The lowest BCUT2D eigenvalue weighted by atomic mass is 9.80. The van der Waals surface area contributed by atoms with Crippen molar-refractivity contribution < 1.29 is 44.7 Å². The molecule has 1 amide bonds. The molecule has 1 aromatic heterocycles. The molecule has 1 aromatic carbocycles. The van der Waals surface area contributed by atoms with Gasteiger partial charge in [-0.2, -0.15) is 17.9 Å². The van der Waals surface area contributed by atoms with Gasteiger partial charge >= 0.3 is 12.1 Å². The molecule has 1 heterocycles. The van der Waals surface area contributed by atoms with Crippen LogP contribution in [0.3, 0.4) is 0 Å². The quantitative estimate of drug-likeness (QED) is 0.330. The number of carboxylic acids is 1. The van der Waals surface area contributed by atoms with Gasteiger partial charge in [-0.05, 0) is 38.7 Å². The largest absolute Gasteiger partial charge is 0.481 e. The lowest BCUT2D eigenvalue weighted by Crippen LogP contribution is -2.46. The van der Waals surface area contributed by atoms with E-state index in [1.54, 1.807) is 0 Å². The van der Waals surface area contributed by atoms with Gasteiger partial charge in [0, 0.05) is 11.6 Å². The molecule has 3 N–H and O–H groups in total. The number of aromatic nitrogens is 1. The van der Waals surface area contributed by atoms with Crippen LogP contribution >= 0.6 is 34.5 Å². The molecule has 2 aliphatic rings. The van der Waals surface area contributed by atoms with E-state index in [0.29, 0.717) is 43.9 Å². The molecular weight excluding hydrogens is 666 g/mol. The molecule has 0 radical (unpaired) electrons. The molecule has 0 unspecified atom stereocenters. The smallest absolute Gasteiger partial charge is 0.404 e. The van der Waals surface area contributed by atoms with Gasteiger partial charge in [0.15, 0.2) is 19.9 Å². The van der Waals surface area contributed by atoms with Crippen molar-refractivity contribution in [2.75, 3.05) is 0 Å². The second-order valence-corrected chi connectivity index (χ2v) is 15.8. The standard InChI is InChI=1S/C24H26Cl2F3N3O7S3/c1-11(24(27,28)29)32-42(38,39)16-8-7-15(17(25)18(16)26)19-22(41(36,37)14-5-3-2-4-6-14)31-21(40-19)20(33)30-13-9-12(10-13)23(34)35/h7-8,11-14,32H,2-6,9-10H2,1H3,(H,30,33)(H,34,35)/t11-,12-,13-/m0/s1. The molecular formula is C24H26Cl2F3N3O7S3. The Bertz CT molecular complexity index is 1600. The minimum absolute atomic E-state index is 0.0787. The van der Waals surface area contributed by atoms with E-state index in [4.69, 9.17) is 28.3 Å². The van der Waals surface area contributed by atoms with Crippen molar-refractivity contribution in [2.45, 2.75) is 85.3 Å². The first-order valence-electron chi connectivity index (χ1n) is 12.8. The first-order valence-corrected chi connectivity index (χ1v) is 17.4. The zero-order valence-corrected chi connectivity index (χ0v) is 25.8. The molecule has 0 aliphatic heterocycles. The third kappa shape index (κ3) is 6.73. The van der Waals surface area contributed by atoms with E-state index in [2.05, 4.69) is 10.3 Å². The number of halogens is 5. The van der Waals surface area contributed by atoms with Gasteiger partial charge in [0.05, 0.1) is 26.1 Å². The second kappa shape index (κ2) is 12.2. The zero-order valence-electron chi connectivity index (χ0n) is 21.9. The van der Waals surface area contributed by atoms with Crippen LogP contribution in [0, 0.1) is 5.92 Å². The average molecular weight is 693 g/mol. The van der Waals surface area contributed by atoms with Crippen molar-refractivity contribution in [3.63, 3.8) is 0 Å². The van der Waals surface area contributed by atoms with Crippen LogP contribution in [0.4, 0.5) is 13.2 Å². The number of hydrogen-bond acceptors (Lipinski definition) is 8. The monoisotopic (exact) mass is 691 g/mol. The Labute approximate surface area is 254 Å². The third-order valence-corrected chi connectivity index (χ3v) is 13.3. The fourth-order valence-electron chi connectivity index (χ4n) is 4.76. The van der Waals surface area contributed by atoms with Crippen molar-refractivity contribution in [3.05, 3.63) is 27.2 Å². The van der Waals surface area contributed by atoms with E-state index in [9.17, 15) is 39.6 Å². The summed E-state index contributed by atoms with van der Waals surface area (Å²) in [4.78, 5) is 27.4. The number of aliphatic carboxylic acids is 1. The zero-order chi connectivity index (χ0) is 31.2. The Morgan fingerprint density at radius 3 is 2.26 bits per heavy atom. The van der Waals surface area contributed by atoms with E-state index >= 15 is 0 Å². The van der Waals surface area contributed by atoms with E-state index in [0.717, 1.165) is 18.6 Å². The summed E-state index contributed by atoms with van der Waals surface area (Å²) in [6.45, 7) is 0.610. The number of rotatable bonds is 9. The predicted molar refractivity (Wildman–Crippen MR) is 149 cm³/mol. The first-order chi connectivity index (χ1) is 19.4. The van der Waals surface area contributed by atoms with Crippen LogP contribution in [0.2, 0.25) is 10.0 Å². The molecule has 2 aliphatic carbocycles. The summed E-state index contributed by atoms with van der Waals surface area (Å²) in [6, 6.07) is -0.891. The number of alkyl halides is 3. The highest BCUT2D eigenvalue weighted by molar-refractivity contribution is 7.92. The molecule has 0 saturated heterocycles. The fraction of sp³-hybridized carbons (Fsp3) is 0.542. The molecule has 2 aromatic rings. The van der Waals surface area contributed by atoms with Gasteiger partial charge in [-0.15, -0.1) is 11.3 Å². The van der Waals surface area contributed by atoms with Crippen LogP contribution in [0.1, 0.15) is 61.7 Å². The number of sulfonamides is 1. The molecule has 2 saturated carbocycles. The number of nitrogens with zero attached hydrogens (tertiary/aromatic N) is 1. The number of hydrogen-bond donors (Lipinski definition) is 3. The fourth-order valence-corrected chi connectivity index (χ4v) is 10.2. The minimum atomic E-state index is -4.88. The van der Waals surface area contributed by atoms with Crippen molar-refractivity contribution in [2.24, 2.45) is 5.92 Å². The first kappa shape index (κ1) is 32.9. The van der Waals surface area contributed by atoms with Crippen LogP contribution in [0.25, 0.3) is 10.4 Å². The molecule has 18 heteroatoms. The highest BCUT2D eigenvalue weighted by Crippen LogP contribution is 2.44. The van der Waals surface area contributed by atoms with Crippen LogP contribution < -0.4 is 10.0 Å². The van der Waals surface area contributed by atoms with Crippen molar-refractivity contribution >= 4 is 66.3 Å². The Morgan fingerprint density at radius 2 is 1.69 bits per heavy atom. The maximum absolute atomic E-state index is 13.7. The van der Waals surface area contributed by atoms with Gasteiger partial charge in [-0.25, -0.2) is 21.8 Å². The van der Waals surface area contributed by atoms with Crippen molar-refractivity contribution in [3.8, 4) is 10.4 Å². The summed E-state index contributed by atoms with van der Waals surface area (Å²) in [6.07, 6.45) is -1.53. The molecule has 0 spiro atoms. The van der Waals surface area contributed by atoms with E-state index in [-0.39, 0.29) is 28.3 Å². The molecule has 42 heavy (non-hydrogen) atoms. The summed E-state index contributed by atoms with van der Waals surface area (Å²) in [5.74, 6) is -2.32. The third-order valence-electron chi connectivity index (χ3n) is 7.28. The summed E-state index contributed by atoms with van der Waals surface area (Å²) >= 11 is 13.3. The number of carboxylic acid groups (broad SMARTS) is 1. The van der Waals surface area contributed by atoms with Crippen molar-refractivity contribution in [1.29, 1.82) is 0 Å². The highest BCUT2D eigenvalue weighted by Gasteiger charge is 2.41. The Morgan fingerprint density at radius 1 is 1.07 bits per heavy atom. The van der Waals surface area contributed by atoms with Crippen molar-refractivity contribution in [1.82, 2.24) is 15.0 Å². The van der Waals surface area contributed by atoms with Gasteiger partial charge in [-0.3, -0.25) is 9.59 Å². The Kier molecular flexibility index (Phi) is 9.56. The second-order valence-electron chi connectivity index (χ2n) is 10.3. The molecule has 1 atom stereocenters. The molecule has 0 bridgehead atoms. The number of sulfone groups is 1. The normalized spacial score (nSPS) is 21.0. The van der Waals surface area contributed by atoms with Gasteiger partial charge in [0.2, 0.25) is 10.0 Å². The van der Waals surface area contributed by atoms with Gasteiger partial charge in [0.1, 0.15) is 10.9 Å². The van der Waals surface area contributed by atoms with E-state index < -0.39 is 81.1 Å². The topological polar surface area (TPSA) is 160 Å². The maximum Gasteiger partial charge on any atom is 0.404 e. The average Bonchev–Trinajstić information content (AvgIpc) is 3.33. The number of carbonyl (C=O) groups is 2. The summed E-state index contributed by atoms with van der Waals surface area (Å²) < 4.78 is 93.3. The number of benzene rings is 1. The van der Waals surface area contributed by atoms with Gasteiger partial charge in [0.25, 0.3) is 5.91 Å². The highest BCUT2D eigenvalue weighted by atomic mass is 35.5. The molecule has 4 rings (SSSR count). The van der Waals surface area contributed by atoms with Gasteiger partial charge < -0.3 is 10.4 Å². The van der Waals surface area contributed by atoms with E-state index in [1.807, 2.05) is 0 Å². The summed E-state index contributed by atoms with van der Waals surface area (Å²) in [7, 11) is -8.91. The molecule has 2 fully saturated rings. The van der Waals surface area contributed by atoms with Crippen LogP contribution in [-0.2, 0) is 24.7 Å². The van der Waals surface area contributed by atoms with E-state index in [1.165, 1.54) is 4.72 Å². The number of thiazole rings is 1. The maximum atomic E-state index is 13.7.